The maximum absolute atomic E-state index is 12.8. The Morgan fingerprint density at radius 3 is 2.63 bits per heavy atom. The van der Waals surface area contributed by atoms with Crippen molar-refractivity contribution in [2.45, 2.75) is 46.1 Å². The minimum atomic E-state index is 0.258. The minimum Gasteiger partial charge on any atom is -0.367 e. The highest BCUT2D eigenvalue weighted by Crippen LogP contribution is 2.32. The second kappa shape index (κ2) is 8.61. The number of benzene rings is 1. The summed E-state index contributed by atoms with van der Waals surface area (Å²) in [5.41, 5.74) is 4.89. The molecule has 2 aliphatic rings. The molecule has 6 heteroatoms. The zero-order valence-corrected chi connectivity index (χ0v) is 18.3. The van der Waals surface area contributed by atoms with Crippen molar-refractivity contribution in [1.29, 1.82) is 5.26 Å². The van der Waals surface area contributed by atoms with Gasteiger partial charge in [-0.05, 0) is 51.7 Å². The Morgan fingerprint density at radius 1 is 1.17 bits per heavy atom. The number of aryl methyl sites for hydroxylation is 2. The molecule has 0 aliphatic carbocycles. The summed E-state index contributed by atoms with van der Waals surface area (Å²) in [7, 11) is 0. The number of hydrogen-bond donors (Lipinski definition) is 0. The predicted molar refractivity (Wildman–Crippen MR) is 120 cm³/mol. The highest BCUT2D eigenvalue weighted by Gasteiger charge is 2.27. The van der Waals surface area contributed by atoms with Gasteiger partial charge in [0.15, 0.2) is 0 Å². The van der Waals surface area contributed by atoms with Crippen molar-refractivity contribution in [3.8, 4) is 6.07 Å². The first-order chi connectivity index (χ1) is 14.5. The van der Waals surface area contributed by atoms with Crippen molar-refractivity contribution >= 4 is 22.5 Å². The first-order valence-electron chi connectivity index (χ1n) is 11.0. The third-order valence-corrected chi connectivity index (χ3v) is 6.57. The summed E-state index contributed by atoms with van der Waals surface area (Å²) in [6.45, 7) is 11.0. The van der Waals surface area contributed by atoms with Crippen LogP contribution in [0.4, 0.5) is 5.69 Å². The van der Waals surface area contributed by atoms with Gasteiger partial charge in [0, 0.05) is 50.3 Å². The van der Waals surface area contributed by atoms with E-state index in [9.17, 15) is 10.1 Å². The molecule has 1 amide bonds. The number of piperidine rings is 1. The molecular formula is C24H31N5O. The van der Waals surface area contributed by atoms with E-state index in [4.69, 9.17) is 0 Å². The lowest BCUT2D eigenvalue weighted by molar-refractivity contribution is -0.135. The number of carbonyl (C=O) groups is 1. The highest BCUT2D eigenvalue weighted by molar-refractivity contribution is 5.96. The van der Waals surface area contributed by atoms with E-state index in [1.54, 1.807) is 6.20 Å². The van der Waals surface area contributed by atoms with Crippen LogP contribution in [0, 0.1) is 25.2 Å². The number of nitrogens with zero attached hydrogens (tertiary/aromatic N) is 5. The quantitative estimate of drug-likeness (QED) is 0.784. The minimum absolute atomic E-state index is 0.258. The maximum atomic E-state index is 12.8. The monoisotopic (exact) mass is 405 g/mol. The highest BCUT2D eigenvalue weighted by atomic mass is 16.2. The van der Waals surface area contributed by atoms with Gasteiger partial charge >= 0.3 is 0 Å². The van der Waals surface area contributed by atoms with Gasteiger partial charge in [-0.1, -0.05) is 11.6 Å². The molecule has 1 aromatic heterocycles. The molecule has 2 fully saturated rings. The molecule has 0 spiro atoms. The van der Waals surface area contributed by atoms with Crippen LogP contribution in [-0.2, 0) is 4.79 Å². The number of rotatable bonds is 3. The molecule has 0 saturated carbocycles. The van der Waals surface area contributed by atoms with Crippen molar-refractivity contribution in [3.63, 3.8) is 0 Å². The van der Waals surface area contributed by atoms with Crippen LogP contribution in [0.15, 0.2) is 18.3 Å². The summed E-state index contributed by atoms with van der Waals surface area (Å²) in [6.07, 6.45) is 5.16. The van der Waals surface area contributed by atoms with Gasteiger partial charge in [0.2, 0.25) is 5.91 Å². The van der Waals surface area contributed by atoms with Crippen molar-refractivity contribution < 1.29 is 4.79 Å². The Hall–Kier alpha value is -2.65. The number of aromatic nitrogens is 1. The van der Waals surface area contributed by atoms with Crippen LogP contribution in [0.1, 0.15) is 42.9 Å². The zero-order valence-electron chi connectivity index (χ0n) is 18.3. The van der Waals surface area contributed by atoms with Gasteiger partial charge in [0.05, 0.1) is 23.3 Å². The summed E-state index contributed by atoms with van der Waals surface area (Å²) < 4.78 is 0. The normalized spacial score (nSPS) is 20.4. The third kappa shape index (κ3) is 3.99. The van der Waals surface area contributed by atoms with E-state index < -0.39 is 0 Å². The van der Waals surface area contributed by atoms with Crippen LogP contribution >= 0.6 is 0 Å². The average Bonchev–Trinajstić information content (AvgIpc) is 2.73. The molecule has 30 heavy (non-hydrogen) atoms. The fraction of sp³-hybridized carbons (Fsp3) is 0.542. The summed E-state index contributed by atoms with van der Waals surface area (Å²) in [4.78, 5) is 24.0. The SMILES string of the molecule is Cc1cc(C)c2ncc(C#N)c(N3CCN(CC(=O)N4CCCCC4C)CC3)c2c1. The summed E-state index contributed by atoms with van der Waals surface area (Å²) in [6, 6.07) is 6.97. The number of nitriles is 1. The summed E-state index contributed by atoms with van der Waals surface area (Å²) >= 11 is 0. The van der Waals surface area contributed by atoms with Gasteiger partial charge in [-0.15, -0.1) is 0 Å². The van der Waals surface area contributed by atoms with E-state index in [1.807, 2.05) is 0 Å². The molecule has 2 aliphatic heterocycles. The van der Waals surface area contributed by atoms with Crippen molar-refractivity contribution in [1.82, 2.24) is 14.8 Å². The number of amides is 1. The van der Waals surface area contributed by atoms with Crippen LogP contribution in [-0.4, -0.2) is 66.0 Å². The van der Waals surface area contributed by atoms with Gasteiger partial charge < -0.3 is 9.80 Å². The molecule has 1 unspecified atom stereocenters. The van der Waals surface area contributed by atoms with Crippen LogP contribution in [0.2, 0.25) is 0 Å². The molecule has 4 rings (SSSR count). The summed E-state index contributed by atoms with van der Waals surface area (Å²) in [5, 5.41) is 10.8. The Labute approximate surface area is 179 Å². The molecule has 3 heterocycles. The second-order valence-electron chi connectivity index (χ2n) is 8.81. The second-order valence-corrected chi connectivity index (χ2v) is 8.81. The molecule has 1 atom stereocenters. The number of hydrogen-bond acceptors (Lipinski definition) is 5. The van der Waals surface area contributed by atoms with E-state index in [2.05, 4.69) is 58.7 Å². The molecule has 6 nitrogen and oxygen atoms in total. The van der Waals surface area contributed by atoms with Gasteiger partial charge in [0.25, 0.3) is 0 Å². The number of fused-ring (bicyclic) bond motifs is 1. The first-order valence-corrected chi connectivity index (χ1v) is 11.0. The molecule has 0 N–H and O–H groups in total. The summed E-state index contributed by atoms with van der Waals surface area (Å²) in [5.74, 6) is 0.258. The van der Waals surface area contributed by atoms with E-state index in [0.29, 0.717) is 18.2 Å². The van der Waals surface area contributed by atoms with E-state index in [1.165, 1.54) is 12.0 Å². The maximum Gasteiger partial charge on any atom is 0.236 e. The van der Waals surface area contributed by atoms with Crippen LogP contribution < -0.4 is 4.90 Å². The van der Waals surface area contributed by atoms with Gasteiger partial charge in [-0.3, -0.25) is 14.7 Å². The molecule has 1 aromatic carbocycles. The molecular weight excluding hydrogens is 374 g/mol. The number of anilines is 1. The third-order valence-electron chi connectivity index (χ3n) is 6.57. The van der Waals surface area contributed by atoms with E-state index >= 15 is 0 Å². The number of carbonyl (C=O) groups excluding carboxylic acids is 1. The molecule has 2 saturated heterocycles. The standard InChI is InChI=1S/C24H31N5O/c1-17-12-18(2)23-21(13-17)24(20(14-25)15-26-23)28-10-8-27(9-11-28)16-22(30)29-7-5-4-6-19(29)3/h12-13,15,19H,4-11,16H2,1-3H3. The first kappa shape index (κ1) is 20.6. The largest absolute Gasteiger partial charge is 0.367 e. The Morgan fingerprint density at radius 2 is 1.93 bits per heavy atom. The van der Waals surface area contributed by atoms with Crippen LogP contribution in [0.5, 0.6) is 0 Å². The van der Waals surface area contributed by atoms with Crippen molar-refractivity contribution in [2.75, 3.05) is 44.2 Å². The average molecular weight is 406 g/mol. The van der Waals surface area contributed by atoms with Gasteiger partial charge in [-0.2, -0.15) is 5.26 Å². The van der Waals surface area contributed by atoms with E-state index in [-0.39, 0.29) is 5.91 Å². The number of likely N-dealkylation sites (tertiary alicyclic amines) is 1. The van der Waals surface area contributed by atoms with Crippen molar-refractivity contribution in [2.24, 2.45) is 0 Å². The topological polar surface area (TPSA) is 63.5 Å². The molecule has 158 valence electrons. The lowest BCUT2D eigenvalue weighted by Gasteiger charge is -2.39. The van der Waals surface area contributed by atoms with Crippen LogP contribution in [0.3, 0.4) is 0 Å². The number of piperazine rings is 1. The number of pyridine rings is 1. The molecule has 0 radical (unpaired) electrons. The fourth-order valence-corrected chi connectivity index (χ4v) is 4.95. The predicted octanol–water partition coefficient (Wildman–Crippen LogP) is 3.25. The Kier molecular flexibility index (Phi) is 5.92. The molecule has 2 aromatic rings. The lowest BCUT2D eigenvalue weighted by Crippen LogP contribution is -2.52. The van der Waals surface area contributed by atoms with E-state index in [0.717, 1.165) is 67.7 Å². The van der Waals surface area contributed by atoms with Gasteiger partial charge in [-0.25, -0.2) is 0 Å². The van der Waals surface area contributed by atoms with Crippen LogP contribution in [0.25, 0.3) is 10.9 Å². The van der Waals surface area contributed by atoms with Crippen molar-refractivity contribution in [3.05, 3.63) is 35.0 Å². The smallest absolute Gasteiger partial charge is 0.236 e. The lowest BCUT2D eigenvalue weighted by atomic mass is 10.0. The fourth-order valence-electron chi connectivity index (χ4n) is 4.95. The molecule has 0 bridgehead atoms. The zero-order chi connectivity index (χ0) is 21.3. The Bertz CT molecular complexity index is 987. The van der Waals surface area contributed by atoms with Gasteiger partial charge in [0.1, 0.15) is 6.07 Å². The Balaban J connectivity index is 1.50.